The fraction of sp³-hybridized carbons (Fsp3) is 0.200. The molecule has 0 saturated heterocycles. The summed E-state index contributed by atoms with van der Waals surface area (Å²) in [5.74, 6) is 1.85. The van der Waals surface area contributed by atoms with E-state index in [9.17, 15) is 5.11 Å². The normalized spacial score (nSPS) is 10.7. The predicted octanol–water partition coefficient (Wildman–Crippen LogP) is 4.16. The first-order valence-electron chi connectivity index (χ1n) is 7.89. The van der Waals surface area contributed by atoms with Crippen LogP contribution in [0.5, 0.6) is 17.2 Å². The Labute approximate surface area is 141 Å². The minimum atomic E-state index is 0.267. The van der Waals surface area contributed by atoms with E-state index in [0.717, 1.165) is 35.4 Å². The molecule has 0 bridgehead atoms. The quantitative estimate of drug-likeness (QED) is 0.664. The summed E-state index contributed by atoms with van der Waals surface area (Å²) in [6, 6.07) is 13.8. The number of hydrogen-bond donors (Lipinski definition) is 1. The molecule has 3 rings (SSSR count). The Morgan fingerprint density at radius 1 is 1.12 bits per heavy atom. The number of hydrogen-bond acceptors (Lipinski definition) is 3. The molecule has 124 valence electrons. The fourth-order valence-electron chi connectivity index (χ4n) is 2.73. The van der Waals surface area contributed by atoms with Crippen molar-refractivity contribution < 1.29 is 14.6 Å². The number of aromatic hydroxyl groups is 1. The zero-order chi connectivity index (χ0) is 16.9. The summed E-state index contributed by atoms with van der Waals surface area (Å²) in [4.78, 5) is 0. The van der Waals surface area contributed by atoms with E-state index < -0.39 is 0 Å². The number of ether oxygens (including phenoxy) is 2. The van der Waals surface area contributed by atoms with Crippen LogP contribution >= 0.6 is 0 Å². The third-order valence-corrected chi connectivity index (χ3v) is 4.00. The second-order valence-corrected chi connectivity index (χ2v) is 5.58. The molecule has 0 unspecified atom stereocenters. The van der Waals surface area contributed by atoms with Gasteiger partial charge in [-0.1, -0.05) is 24.8 Å². The predicted molar refractivity (Wildman–Crippen MR) is 96.0 cm³/mol. The van der Waals surface area contributed by atoms with Gasteiger partial charge in [0, 0.05) is 18.1 Å². The zero-order valence-electron chi connectivity index (χ0n) is 13.7. The summed E-state index contributed by atoms with van der Waals surface area (Å²) < 4.78 is 12.8. The Bertz CT molecular complexity index is 834. The number of rotatable bonds is 7. The van der Waals surface area contributed by atoms with Crippen LogP contribution in [0.2, 0.25) is 0 Å². The van der Waals surface area contributed by atoms with Gasteiger partial charge in [0.05, 0.1) is 12.6 Å². The SMILES string of the molecule is C=CCOc1ccc2c(c1)c(O)cn2CCc1ccc(OC)cc1. The highest BCUT2D eigenvalue weighted by atomic mass is 16.5. The average Bonchev–Trinajstić information content (AvgIpc) is 2.94. The van der Waals surface area contributed by atoms with Gasteiger partial charge in [-0.2, -0.15) is 0 Å². The van der Waals surface area contributed by atoms with E-state index in [-0.39, 0.29) is 5.75 Å². The van der Waals surface area contributed by atoms with Crippen molar-refractivity contribution in [2.45, 2.75) is 13.0 Å². The fourth-order valence-corrected chi connectivity index (χ4v) is 2.73. The van der Waals surface area contributed by atoms with E-state index in [0.29, 0.717) is 6.61 Å². The van der Waals surface area contributed by atoms with Gasteiger partial charge in [-0.15, -0.1) is 0 Å². The molecule has 0 spiro atoms. The zero-order valence-corrected chi connectivity index (χ0v) is 13.7. The molecule has 1 heterocycles. The maximum atomic E-state index is 10.2. The van der Waals surface area contributed by atoms with Gasteiger partial charge < -0.3 is 19.1 Å². The van der Waals surface area contributed by atoms with Crippen LogP contribution in [0.4, 0.5) is 0 Å². The Morgan fingerprint density at radius 3 is 2.58 bits per heavy atom. The lowest BCUT2D eigenvalue weighted by molar-refractivity contribution is 0.363. The molecule has 0 aliphatic carbocycles. The molecule has 3 aromatic rings. The van der Waals surface area contributed by atoms with Gasteiger partial charge in [-0.05, 0) is 42.3 Å². The van der Waals surface area contributed by atoms with Crippen molar-refractivity contribution in [1.29, 1.82) is 0 Å². The van der Waals surface area contributed by atoms with Crippen LogP contribution in [0.25, 0.3) is 10.9 Å². The summed E-state index contributed by atoms with van der Waals surface area (Å²) in [6.07, 6.45) is 4.34. The highest BCUT2D eigenvalue weighted by Gasteiger charge is 2.09. The van der Waals surface area contributed by atoms with E-state index >= 15 is 0 Å². The van der Waals surface area contributed by atoms with Crippen LogP contribution in [-0.2, 0) is 13.0 Å². The van der Waals surface area contributed by atoms with Gasteiger partial charge >= 0.3 is 0 Å². The third-order valence-electron chi connectivity index (χ3n) is 4.00. The number of aromatic nitrogens is 1. The second-order valence-electron chi connectivity index (χ2n) is 5.58. The molecular weight excluding hydrogens is 302 g/mol. The highest BCUT2D eigenvalue weighted by molar-refractivity contribution is 5.87. The topological polar surface area (TPSA) is 43.6 Å². The van der Waals surface area contributed by atoms with Crippen LogP contribution in [0.3, 0.4) is 0 Å². The summed E-state index contributed by atoms with van der Waals surface area (Å²) in [5, 5.41) is 11.0. The van der Waals surface area contributed by atoms with Crippen LogP contribution in [0.1, 0.15) is 5.56 Å². The summed E-state index contributed by atoms with van der Waals surface area (Å²) >= 11 is 0. The molecule has 0 aliphatic heterocycles. The number of fused-ring (bicyclic) bond motifs is 1. The number of nitrogens with zero attached hydrogens (tertiary/aromatic N) is 1. The molecule has 0 saturated carbocycles. The lowest BCUT2D eigenvalue weighted by atomic mass is 10.1. The van der Waals surface area contributed by atoms with Crippen molar-refractivity contribution in [3.05, 3.63) is 66.9 Å². The van der Waals surface area contributed by atoms with Gasteiger partial charge in [0.15, 0.2) is 0 Å². The van der Waals surface area contributed by atoms with E-state index in [4.69, 9.17) is 9.47 Å². The van der Waals surface area contributed by atoms with Crippen LogP contribution < -0.4 is 9.47 Å². The number of methoxy groups -OCH3 is 1. The highest BCUT2D eigenvalue weighted by Crippen LogP contribution is 2.30. The van der Waals surface area contributed by atoms with E-state index in [1.807, 2.05) is 30.3 Å². The van der Waals surface area contributed by atoms with Gasteiger partial charge in [-0.3, -0.25) is 0 Å². The maximum absolute atomic E-state index is 10.2. The molecule has 0 aliphatic rings. The van der Waals surface area contributed by atoms with Gasteiger partial charge in [-0.25, -0.2) is 0 Å². The third kappa shape index (κ3) is 3.38. The van der Waals surface area contributed by atoms with Crippen molar-refractivity contribution in [3.8, 4) is 17.2 Å². The summed E-state index contributed by atoms with van der Waals surface area (Å²) in [6.45, 7) is 4.87. The largest absolute Gasteiger partial charge is 0.506 e. The Balaban J connectivity index is 1.77. The van der Waals surface area contributed by atoms with Gasteiger partial charge in [0.2, 0.25) is 0 Å². The minimum absolute atomic E-state index is 0.267. The average molecular weight is 323 g/mol. The van der Waals surface area contributed by atoms with E-state index in [1.165, 1.54) is 5.56 Å². The first-order chi connectivity index (χ1) is 11.7. The van der Waals surface area contributed by atoms with Gasteiger partial charge in [0.1, 0.15) is 23.9 Å². The molecule has 0 fully saturated rings. The van der Waals surface area contributed by atoms with Crippen molar-refractivity contribution in [2.75, 3.05) is 13.7 Å². The Morgan fingerprint density at radius 2 is 1.88 bits per heavy atom. The van der Waals surface area contributed by atoms with Crippen molar-refractivity contribution in [2.24, 2.45) is 0 Å². The van der Waals surface area contributed by atoms with E-state index in [1.54, 1.807) is 19.4 Å². The minimum Gasteiger partial charge on any atom is -0.506 e. The maximum Gasteiger partial charge on any atom is 0.141 e. The molecule has 0 radical (unpaired) electrons. The Kier molecular flexibility index (Phi) is 4.75. The Hall–Kier alpha value is -2.88. The molecule has 24 heavy (non-hydrogen) atoms. The monoisotopic (exact) mass is 323 g/mol. The number of aryl methyl sites for hydroxylation is 2. The second kappa shape index (κ2) is 7.13. The lowest BCUT2D eigenvalue weighted by Gasteiger charge is -2.07. The van der Waals surface area contributed by atoms with Crippen molar-refractivity contribution in [3.63, 3.8) is 0 Å². The lowest BCUT2D eigenvalue weighted by Crippen LogP contribution is -2.00. The number of benzene rings is 2. The molecule has 2 aromatic carbocycles. The van der Waals surface area contributed by atoms with E-state index in [2.05, 4.69) is 23.3 Å². The molecule has 4 nitrogen and oxygen atoms in total. The van der Waals surface area contributed by atoms with Crippen molar-refractivity contribution in [1.82, 2.24) is 4.57 Å². The molecule has 1 aromatic heterocycles. The van der Waals surface area contributed by atoms with Gasteiger partial charge in [0.25, 0.3) is 0 Å². The molecule has 4 heteroatoms. The summed E-state index contributed by atoms with van der Waals surface area (Å²) in [5.41, 5.74) is 2.22. The smallest absolute Gasteiger partial charge is 0.141 e. The van der Waals surface area contributed by atoms with Crippen molar-refractivity contribution >= 4 is 10.9 Å². The first-order valence-corrected chi connectivity index (χ1v) is 7.89. The van der Waals surface area contributed by atoms with Crippen LogP contribution in [-0.4, -0.2) is 23.4 Å². The van der Waals surface area contributed by atoms with Crippen LogP contribution in [0.15, 0.2) is 61.3 Å². The molecule has 1 N–H and O–H groups in total. The summed E-state index contributed by atoms with van der Waals surface area (Å²) in [7, 11) is 1.66. The molecular formula is C20H21NO3. The molecule has 0 amide bonds. The first kappa shape index (κ1) is 16.0. The standard InChI is InChI=1S/C20H21NO3/c1-3-12-24-17-8-9-19-18(13-17)20(22)14-21(19)11-10-15-4-6-16(23-2)7-5-15/h3-9,13-14,22H,1,10-12H2,2H3. The van der Waals surface area contributed by atoms with Crippen LogP contribution in [0, 0.1) is 0 Å². The molecule has 0 atom stereocenters.